The Hall–Kier alpha value is -0.320. The molecule has 1 aliphatic carbocycles. The molecule has 0 N–H and O–H groups in total. The zero-order chi connectivity index (χ0) is 11.4. The van der Waals surface area contributed by atoms with Gasteiger partial charge < -0.3 is 9.64 Å². The van der Waals surface area contributed by atoms with E-state index in [-0.39, 0.29) is 0 Å². The van der Waals surface area contributed by atoms with Gasteiger partial charge in [-0.25, -0.2) is 0 Å². The zero-order valence-corrected chi connectivity index (χ0v) is 11.1. The van der Waals surface area contributed by atoms with E-state index in [1.807, 2.05) is 5.38 Å². The Morgan fingerprint density at radius 3 is 2.65 bits per heavy atom. The Bertz CT molecular complexity index is 408. The van der Waals surface area contributed by atoms with Crippen LogP contribution in [0.15, 0.2) is 5.38 Å². The van der Waals surface area contributed by atoms with Gasteiger partial charge in [0.2, 0.25) is 0 Å². The van der Waals surface area contributed by atoms with E-state index in [4.69, 9.17) is 16.3 Å². The number of hydrogen-bond donors (Lipinski definition) is 0. The lowest BCUT2D eigenvalue weighted by molar-refractivity contribution is -0.0985. The summed E-state index contributed by atoms with van der Waals surface area (Å²) in [5.74, 6) is 2.35. The van der Waals surface area contributed by atoms with Gasteiger partial charge in [0.05, 0.1) is 0 Å². The minimum atomic E-state index is 0.380. The Balaban J connectivity index is 1.54. The molecule has 3 saturated heterocycles. The summed E-state index contributed by atoms with van der Waals surface area (Å²) in [5, 5.41) is 3.15. The monoisotopic (exact) mass is 270 g/mol. The maximum Gasteiger partial charge on any atom is 0.274 e. The molecule has 1 saturated carbocycles. The maximum atomic E-state index is 6.11. The average Bonchev–Trinajstić information content (AvgIpc) is 2.68. The molecule has 3 aliphatic heterocycles. The number of thiazole rings is 1. The minimum absolute atomic E-state index is 0.380. The van der Waals surface area contributed by atoms with Crippen molar-refractivity contribution in [3.05, 3.63) is 10.5 Å². The SMILES string of the molecule is Clc1csc(OC2C3CC4CC2CN(C4)C3)n1. The van der Waals surface area contributed by atoms with Gasteiger partial charge in [0.25, 0.3) is 5.19 Å². The molecule has 4 fully saturated rings. The highest BCUT2D eigenvalue weighted by atomic mass is 35.5. The molecule has 0 radical (unpaired) electrons. The first-order chi connectivity index (χ1) is 8.28. The fourth-order valence-electron chi connectivity index (χ4n) is 3.97. The smallest absolute Gasteiger partial charge is 0.274 e. The van der Waals surface area contributed by atoms with Crippen LogP contribution in [0.4, 0.5) is 0 Å². The predicted molar refractivity (Wildman–Crippen MR) is 67.7 cm³/mol. The average molecular weight is 271 g/mol. The third-order valence-corrected chi connectivity index (χ3v) is 5.45. The first kappa shape index (κ1) is 10.6. The summed E-state index contributed by atoms with van der Waals surface area (Å²) in [4.78, 5) is 6.82. The second kappa shape index (κ2) is 3.84. The summed E-state index contributed by atoms with van der Waals surface area (Å²) < 4.78 is 6.11. The van der Waals surface area contributed by atoms with Gasteiger partial charge in [0.1, 0.15) is 11.3 Å². The van der Waals surface area contributed by atoms with Gasteiger partial charge in [-0.3, -0.25) is 0 Å². The summed E-state index contributed by atoms with van der Waals surface area (Å²) >= 11 is 7.36. The number of rotatable bonds is 2. The highest BCUT2D eigenvalue weighted by Crippen LogP contribution is 2.45. The van der Waals surface area contributed by atoms with Crippen molar-refractivity contribution in [2.24, 2.45) is 17.8 Å². The van der Waals surface area contributed by atoms with Crippen molar-refractivity contribution in [2.75, 3.05) is 19.6 Å². The Morgan fingerprint density at radius 2 is 2.06 bits per heavy atom. The summed E-state index contributed by atoms with van der Waals surface area (Å²) in [6.45, 7) is 3.76. The van der Waals surface area contributed by atoms with Crippen molar-refractivity contribution in [1.82, 2.24) is 9.88 Å². The molecule has 2 unspecified atom stereocenters. The molecule has 0 aromatic carbocycles. The van der Waals surface area contributed by atoms with Crippen LogP contribution in [0.25, 0.3) is 0 Å². The normalized spacial score (nSPS) is 43.0. The topological polar surface area (TPSA) is 25.4 Å². The molecule has 3 nitrogen and oxygen atoms in total. The number of halogens is 1. The lowest BCUT2D eigenvalue weighted by Gasteiger charge is -2.55. The zero-order valence-electron chi connectivity index (χ0n) is 9.51. The highest BCUT2D eigenvalue weighted by Gasteiger charge is 2.48. The van der Waals surface area contributed by atoms with Crippen LogP contribution in [0.3, 0.4) is 0 Å². The van der Waals surface area contributed by atoms with E-state index in [9.17, 15) is 0 Å². The number of hydrogen-bond acceptors (Lipinski definition) is 4. The van der Waals surface area contributed by atoms with Crippen LogP contribution >= 0.6 is 22.9 Å². The third kappa shape index (κ3) is 1.77. The van der Waals surface area contributed by atoms with Crippen molar-refractivity contribution < 1.29 is 4.74 Å². The van der Waals surface area contributed by atoms with E-state index in [1.54, 1.807) is 0 Å². The van der Waals surface area contributed by atoms with E-state index < -0.39 is 0 Å². The molecule has 4 aliphatic rings. The minimum Gasteiger partial charge on any atom is -0.466 e. The maximum absolute atomic E-state index is 6.11. The van der Waals surface area contributed by atoms with E-state index in [1.165, 1.54) is 43.8 Å². The van der Waals surface area contributed by atoms with Gasteiger partial charge in [0, 0.05) is 36.9 Å². The van der Waals surface area contributed by atoms with E-state index >= 15 is 0 Å². The molecule has 4 bridgehead atoms. The van der Waals surface area contributed by atoms with Gasteiger partial charge in [-0.2, -0.15) is 4.98 Å². The van der Waals surface area contributed by atoms with Crippen LogP contribution < -0.4 is 4.74 Å². The molecule has 5 rings (SSSR count). The van der Waals surface area contributed by atoms with Gasteiger partial charge in [0.15, 0.2) is 0 Å². The molecular formula is C12H15ClN2OS. The number of piperidine rings is 3. The van der Waals surface area contributed by atoms with Crippen LogP contribution in [-0.4, -0.2) is 35.6 Å². The molecule has 0 amide bonds. The van der Waals surface area contributed by atoms with Crippen LogP contribution in [0, 0.1) is 17.8 Å². The second-order valence-corrected chi connectivity index (χ2v) is 6.80. The molecule has 0 spiro atoms. The summed E-state index contributed by atoms with van der Waals surface area (Å²) in [6, 6.07) is 0. The van der Waals surface area contributed by atoms with Crippen LogP contribution in [0.5, 0.6) is 5.19 Å². The third-order valence-electron chi connectivity index (χ3n) is 4.40. The number of ether oxygens (including phenoxy) is 1. The van der Waals surface area contributed by atoms with Crippen molar-refractivity contribution in [3.63, 3.8) is 0 Å². The van der Waals surface area contributed by atoms with Gasteiger partial charge in [-0.15, -0.1) is 0 Å². The molecule has 92 valence electrons. The fourth-order valence-corrected chi connectivity index (χ4v) is 4.79. The predicted octanol–water partition coefficient (Wildman–Crippen LogP) is 2.52. The molecule has 17 heavy (non-hydrogen) atoms. The van der Waals surface area contributed by atoms with Crippen LogP contribution in [0.2, 0.25) is 5.15 Å². The molecule has 1 aromatic rings. The van der Waals surface area contributed by atoms with Gasteiger partial charge in [-0.05, 0) is 18.8 Å². The lowest BCUT2D eigenvalue weighted by Crippen LogP contribution is -2.61. The lowest BCUT2D eigenvalue weighted by atomic mass is 9.66. The first-order valence-electron chi connectivity index (χ1n) is 6.28. The largest absolute Gasteiger partial charge is 0.466 e. The van der Waals surface area contributed by atoms with Crippen molar-refractivity contribution in [3.8, 4) is 5.19 Å². The second-order valence-electron chi connectivity index (χ2n) is 5.59. The van der Waals surface area contributed by atoms with Crippen molar-refractivity contribution in [2.45, 2.75) is 18.9 Å². The van der Waals surface area contributed by atoms with Gasteiger partial charge in [-0.1, -0.05) is 22.9 Å². The standard InChI is InChI=1S/C12H15ClN2OS/c13-10-6-17-12(14-10)16-11-8-1-7-2-9(11)5-15(3-7)4-8/h6-9,11H,1-5H2. The number of aromatic nitrogens is 1. The molecule has 1 aromatic heterocycles. The van der Waals surface area contributed by atoms with Crippen LogP contribution in [-0.2, 0) is 0 Å². The van der Waals surface area contributed by atoms with Crippen molar-refractivity contribution >= 4 is 22.9 Å². The molecule has 5 heteroatoms. The van der Waals surface area contributed by atoms with Crippen LogP contribution in [0.1, 0.15) is 12.8 Å². The molecular weight excluding hydrogens is 256 g/mol. The number of nitrogens with zero attached hydrogens (tertiary/aromatic N) is 2. The summed E-state index contributed by atoms with van der Waals surface area (Å²) in [7, 11) is 0. The van der Waals surface area contributed by atoms with E-state index in [0.717, 1.165) is 11.1 Å². The Labute approximate surface area is 110 Å². The summed E-state index contributed by atoms with van der Waals surface area (Å²) in [6.07, 6.45) is 3.07. The Kier molecular flexibility index (Phi) is 2.39. The highest BCUT2D eigenvalue weighted by molar-refractivity contribution is 7.11. The quantitative estimate of drug-likeness (QED) is 0.826. The van der Waals surface area contributed by atoms with Crippen molar-refractivity contribution in [1.29, 1.82) is 0 Å². The summed E-state index contributed by atoms with van der Waals surface area (Å²) in [5.41, 5.74) is 0. The van der Waals surface area contributed by atoms with E-state index in [0.29, 0.717) is 23.1 Å². The van der Waals surface area contributed by atoms with Gasteiger partial charge >= 0.3 is 0 Å². The molecule has 2 atom stereocenters. The Morgan fingerprint density at radius 1 is 1.29 bits per heavy atom. The molecule has 4 heterocycles. The van der Waals surface area contributed by atoms with E-state index in [2.05, 4.69) is 9.88 Å². The fraction of sp³-hybridized carbons (Fsp3) is 0.750. The first-order valence-corrected chi connectivity index (χ1v) is 7.54.